The van der Waals surface area contributed by atoms with E-state index in [0.717, 1.165) is 22.6 Å². The number of aromatic nitrogens is 1. The van der Waals surface area contributed by atoms with Crippen LogP contribution in [0.1, 0.15) is 36.9 Å². The van der Waals surface area contributed by atoms with Gasteiger partial charge in [0, 0.05) is 12.0 Å². The number of carbonyl (C=O) groups is 2. The minimum atomic E-state index is -0.886. The maximum atomic E-state index is 13.2. The largest absolute Gasteiger partial charge is 0.497 e. The predicted molar refractivity (Wildman–Crippen MR) is 153 cm³/mol. The summed E-state index contributed by atoms with van der Waals surface area (Å²) in [6, 6.07) is 22.3. The molecule has 9 heteroatoms. The molecule has 9 nitrogen and oxygen atoms in total. The van der Waals surface area contributed by atoms with Crippen LogP contribution < -0.4 is 14.2 Å². The van der Waals surface area contributed by atoms with Gasteiger partial charge in [0.25, 0.3) is 0 Å². The lowest BCUT2D eigenvalue weighted by molar-refractivity contribution is -0.146. The number of esters is 1. The lowest BCUT2D eigenvalue weighted by atomic mass is 10.1. The molecule has 214 valence electrons. The molecule has 4 aromatic rings. The SMILES string of the molecule is COC(=O)[C@H](C)N(C(=O)Oc1ccc(OC)cc1)[C@H](C)c1ccc(OCCc2nc(-c3ccccc3)oc2C)cc1. The second-order valence-electron chi connectivity index (χ2n) is 9.38. The molecule has 1 aromatic heterocycles. The summed E-state index contributed by atoms with van der Waals surface area (Å²) in [6.07, 6.45) is -0.0965. The first-order chi connectivity index (χ1) is 19.8. The van der Waals surface area contributed by atoms with E-state index in [1.54, 1.807) is 38.3 Å². The standard InChI is InChI=1S/C32H34N2O7/c1-21(34(22(2)31(35)38-5)32(36)41-28-17-15-26(37-4)16-18-28)24-11-13-27(14-12-24)39-20-19-29-23(3)40-30(33-29)25-9-7-6-8-10-25/h6-18,21-22H,19-20H2,1-5H3/t21-,22+/m1/s1. The van der Waals surface area contributed by atoms with E-state index in [1.165, 1.54) is 12.0 Å². The van der Waals surface area contributed by atoms with Crippen molar-refractivity contribution in [2.45, 2.75) is 39.3 Å². The lowest BCUT2D eigenvalue weighted by Crippen LogP contribution is -2.46. The van der Waals surface area contributed by atoms with Gasteiger partial charge in [-0.3, -0.25) is 4.90 Å². The fourth-order valence-corrected chi connectivity index (χ4v) is 4.37. The molecule has 2 atom stereocenters. The van der Waals surface area contributed by atoms with Crippen LogP contribution in [0.4, 0.5) is 4.79 Å². The van der Waals surface area contributed by atoms with Crippen LogP contribution in [0.5, 0.6) is 17.2 Å². The molecule has 0 radical (unpaired) electrons. The first-order valence-corrected chi connectivity index (χ1v) is 13.3. The van der Waals surface area contributed by atoms with Gasteiger partial charge in [0.1, 0.15) is 29.1 Å². The number of ether oxygens (including phenoxy) is 4. The van der Waals surface area contributed by atoms with E-state index in [0.29, 0.717) is 36.2 Å². The molecular weight excluding hydrogens is 524 g/mol. The third-order valence-electron chi connectivity index (χ3n) is 6.74. The molecule has 41 heavy (non-hydrogen) atoms. The lowest BCUT2D eigenvalue weighted by Gasteiger charge is -2.32. The molecule has 0 N–H and O–H groups in total. The highest BCUT2D eigenvalue weighted by molar-refractivity contribution is 5.82. The van der Waals surface area contributed by atoms with E-state index in [1.807, 2.05) is 68.4 Å². The van der Waals surface area contributed by atoms with Crippen molar-refractivity contribution < 1.29 is 33.0 Å². The summed E-state index contributed by atoms with van der Waals surface area (Å²) in [5.41, 5.74) is 2.56. The Hall–Kier alpha value is -4.79. The summed E-state index contributed by atoms with van der Waals surface area (Å²) >= 11 is 0. The summed E-state index contributed by atoms with van der Waals surface area (Å²) in [6.45, 7) is 5.73. The molecule has 0 unspecified atom stereocenters. The van der Waals surface area contributed by atoms with Crippen LogP contribution in [0.25, 0.3) is 11.5 Å². The molecule has 0 saturated carbocycles. The quantitative estimate of drug-likeness (QED) is 0.195. The van der Waals surface area contributed by atoms with Crippen LogP contribution in [0.15, 0.2) is 83.3 Å². The second-order valence-corrected chi connectivity index (χ2v) is 9.38. The Morgan fingerprint density at radius 2 is 1.51 bits per heavy atom. The average Bonchev–Trinajstić information content (AvgIpc) is 3.38. The zero-order valence-corrected chi connectivity index (χ0v) is 23.8. The Bertz CT molecular complexity index is 1430. The first kappa shape index (κ1) is 29.2. The molecule has 0 bridgehead atoms. The number of benzene rings is 3. The molecule has 0 saturated heterocycles. The first-order valence-electron chi connectivity index (χ1n) is 13.3. The number of carbonyl (C=O) groups excluding carboxylic acids is 2. The molecular formula is C32H34N2O7. The smallest absolute Gasteiger partial charge is 0.416 e. The number of nitrogens with zero attached hydrogens (tertiary/aromatic N) is 2. The Morgan fingerprint density at radius 1 is 0.878 bits per heavy atom. The Morgan fingerprint density at radius 3 is 2.15 bits per heavy atom. The third-order valence-corrected chi connectivity index (χ3v) is 6.74. The van der Waals surface area contributed by atoms with Gasteiger partial charge in [-0.15, -0.1) is 0 Å². The number of methoxy groups -OCH3 is 2. The minimum Gasteiger partial charge on any atom is -0.497 e. The van der Waals surface area contributed by atoms with Gasteiger partial charge in [-0.1, -0.05) is 30.3 Å². The average molecular weight is 559 g/mol. The minimum absolute atomic E-state index is 0.326. The van der Waals surface area contributed by atoms with Gasteiger partial charge < -0.3 is 23.4 Å². The van der Waals surface area contributed by atoms with Crippen molar-refractivity contribution in [3.63, 3.8) is 0 Å². The molecule has 4 rings (SSSR count). The number of hydrogen-bond donors (Lipinski definition) is 0. The molecule has 0 fully saturated rings. The number of hydrogen-bond acceptors (Lipinski definition) is 8. The van der Waals surface area contributed by atoms with E-state index < -0.39 is 24.1 Å². The second kappa shape index (κ2) is 13.5. The number of aryl methyl sites for hydroxylation is 1. The number of amides is 1. The number of oxazole rings is 1. The van der Waals surface area contributed by atoms with Crippen LogP contribution in [0, 0.1) is 6.92 Å². The van der Waals surface area contributed by atoms with Crippen molar-refractivity contribution in [1.82, 2.24) is 9.88 Å². The van der Waals surface area contributed by atoms with Crippen molar-refractivity contribution in [2.75, 3.05) is 20.8 Å². The van der Waals surface area contributed by atoms with Crippen molar-refractivity contribution in [2.24, 2.45) is 0 Å². The Labute approximate surface area is 239 Å². The molecule has 0 aliphatic rings. The molecule has 0 aliphatic heterocycles. The van der Waals surface area contributed by atoms with E-state index >= 15 is 0 Å². The molecule has 1 amide bonds. The molecule has 3 aromatic carbocycles. The van der Waals surface area contributed by atoms with Gasteiger partial charge in [0.15, 0.2) is 0 Å². The van der Waals surface area contributed by atoms with Crippen LogP contribution in [0.3, 0.4) is 0 Å². The summed E-state index contributed by atoms with van der Waals surface area (Å²) in [4.78, 5) is 31.6. The summed E-state index contributed by atoms with van der Waals surface area (Å²) in [5.74, 6) is 2.42. The fourth-order valence-electron chi connectivity index (χ4n) is 4.37. The molecule has 1 heterocycles. The summed E-state index contributed by atoms with van der Waals surface area (Å²) < 4.78 is 27.4. The van der Waals surface area contributed by atoms with Gasteiger partial charge in [0.2, 0.25) is 5.89 Å². The maximum absolute atomic E-state index is 13.2. The van der Waals surface area contributed by atoms with Gasteiger partial charge in [0.05, 0.1) is 32.6 Å². The van der Waals surface area contributed by atoms with E-state index in [-0.39, 0.29) is 0 Å². The van der Waals surface area contributed by atoms with Crippen LogP contribution >= 0.6 is 0 Å². The maximum Gasteiger partial charge on any atom is 0.416 e. The Balaban J connectivity index is 1.40. The topological polar surface area (TPSA) is 100 Å². The van der Waals surface area contributed by atoms with E-state index in [9.17, 15) is 9.59 Å². The zero-order valence-electron chi connectivity index (χ0n) is 23.8. The van der Waals surface area contributed by atoms with Crippen molar-refractivity contribution in [3.8, 4) is 28.7 Å². The van der Waals surface area contributed by atoms with Crippen LogP contribution in [-0.2, 0) is 16.0 Å². The van der Waals surface area contributed by atoms with Gasteiger partial charge in [-0.2, -0.15) is 0 Å². The van der Waals surface area contributed by atoms with E-state index in [4.69, 9.17) is 23.4 Å². The van der Waals surface area contributed by atoms with Gasteiger partial charge in [-0.05, 0) is 74.9 Å². The monoisotopic (exact) mass is 558 g/mol. The zero-order chi connectivity index (χ0) is 29.4. The van der Waals surface area contributed by atoms with Crippen LogP contribution in [0.2, 0.25) is 0 Å². The van der Waals surface area contributed by atoms with Crippen LogP contribution in [-0.4, -0.2) is 48.8 Å². The third kappa shape index (κ3) is 7.25. The predicted octanol–water partition coefficient (Wildman–Crippen LogP) is 6.40. The highest BCUT2D eigenvalue weighted by Crippen LogP contribution is 2.28. The van der Waals surface area contributed by atoms with Gasteiger partial charge in [-0.25, -0.2) is 14.6 Å². The molecule has 0 spiro atoms. The summed E-state index contributed by atoms with van der Waals surface area (Å²) in [5, 5.41) is 0. The van der Waals surface area contributed by atoms with E-state index in [2.05, 4.69) is 4.98 Å². The fraction of sp³-hybridized carbons (Fsp3) is 0.281. The Kier molecular flexibility index (Phi) is 9.63. The van der Waals surface area contributed by atoms with Crippen molar-refractivity contribution >= 4 is 12.1 Å². The molecule has 0 aliphatic carbocycles. The normalized spacial score (nSPS) is 12.2. The van der Waals surface area contributed by atoms with Gasteiger partial charge >= 0.3 is 12.1 Å². The summed E-state index contributed by atoms with van der Waals surface area (Å²) in [7, 11) is 2.84. The van der Waals surface area contributed by atoms with Crippen molar-refractivity contribution in [1.29, 1.82) is 0 Å². The van der Waals surface area contributed by atoms with Crippen molar-refractivity contribution in [3.05, 3.63) is 95.9 Å². The highest BCUT2D eigenvalue weighted by Gasteiger charge is 2.33. The number of rotatable bonds is 11. The highest BCUT2D eigenvalue weighted by atomic mass is 16.6.